The highest BCUT2D eigenvalue weighted by atomic mass is 16.5. The molecule has 23 heavy (non-hydrogen) atoms. The van der Waals surface area contributed by atoms with E-state index in [2.05, 4.69) is 18.7 Å². The van der Waals surface area contributed by atoms with E-state index in [0.717, 1.165) is 13.1 Å². The standard InChI is InChI=1S/C15H25N3O5/c1-11(2)16-5-6-23-12(8-16)7-13(19)17-3-4-18(10-15(21)22)14(20)9-17/h11-12H,3-10H2,1-2H3,(H,21,22)/t12-/m1/s1. The molecule has 0 aromatic carbocycles. The summed E-state index contributed by atoms with van der Waals surface area (Å²) in [6.45, 7) is 6.71. The molecule has 2 heterocycles. The lowest BCUT2D eigenvalue weighted by atomic mass is 10.1. The molecule has 0 saturated carbocycles. The van der Waals surface area contributed by atoms with Crippen LogP contribution < -0.4 is 0 Å². The molecule has 2 fully saturated rings. The number of amides is 2. The van der Waals surface area contributed by atoms with E-state index in [0.29, 0.717) is 19.2 Å². The minimum Gasteiger partial charge on any atom is -0.480 e. The Bertz CT molecular complexity index is 468. The van der Waals surface area contributed by atoms with Crippen LogP contribution in [0.4, 0.5) is 0 Å². The molecule has 2 rings (SSSR count). The van der Waals surface area contributed by atoms with Gasteiger partial charge in [-0.05, 0) is 13.8 Å². The van der Waals surface area contributed by atoms with Crippen LogP contribution in [0.15, 0.2) is 0 Å². The molecule has 0 aromatic heterocycles. The first-order chi connectivity index (χ1) is 10.9. The number of carbonyl (C=O) groups excluding carboxylic acids is 2. The van der Waals surface area contributed by atoms with Crippen LogP contribution in [-0.4, -0.2) is 95.6 Å². The topological polar surface area (TPSA) is 90.4 Å². The molecule has 8 heteroatoms. The Morgan fingerprint density at radius 2 is 2.04 bits per heavy atom. The van der Waals surface area contributed by atoms with Crippen molar-refractivity contribution in [3.05, 3.63) is 0 Å². The molecule has 2 aliphatic rings. The molecule has 1 atom stereocenters. The molecule has 0 bridgehead atoms. The second kappa shape index (κ2) is 7.74. The van der Waals surface area contributed by atoms with Crippen LogP contribution in [0.25, 0.3) is 0 Å². The van der Waals surface area contributed by atoms with Crippen molar-refractivity contribution in [2.24, 2.45) is 0 Å². The number of aliphatic carboxylic acids is 1. The zero-order valence-corrected chi connectivity index (χ0v) is 13.7. The Morgan fingerprint density at radius 1 is 1.30 bits per heavy atom. The third-order valence-corrected chi connectivity index (χ3v) is 4.30. The Kier molecular flexibility index (Phi) is 5.95. The van der Waals surface area contributed by atoms with Gasteiger partial charge in [-0.25, -0.2) is 0 Å². The van der Waals surface area contributed by atoms with E-state index in [9.17, 15) is 14.4 Å². The van der Waals surface area contributed by atoms with E-state index in [1.165, 1.54) is 9.80 Å². The van der Waals surface area contributed by atoms with E-state index < -0.39 is 5.97 Å². The van der Waals surface area contributed by atoms with Gasteiger partial charge in [-0.1, -0.05) is 0 Å². The predicted octanol–water partition coefficient (Wildman–Crippen LogP) is -0.759. The minimum atomic E-state index is -1.04. The number of piperazine rings is 1. The lowest BCUT2D eigenvalue weighted by molar-refractivity contribution is -0.151. The summed E-state index contributed by atoms with van der Waals surface area (Å²) in [4.78, 5) is 40.0. The lowest BCUT2D eigenvalue weighted by Crippen LogP contribution is -2.54. The first-order valence-electron chi connectivity index (χ1n) is 7.99. The summed E-state index contributed by atoms with van der Waals surface area (Å²) in [6, 6.07) is 0.414. The second-order valence-corrected chi connectivity index (χ2v) is 6.31. The van der Waals surface area contributed by atoms with Gasteiger partial charge in [0, 0.05) is 32.2 Å². The van der Waals surface area contributed by atoms with Crippen LogP contribution in [0.5, 0.6) is 0 Å². The quantitative estimate of drug-likeness (QED) is 0.714. The van der Waals surface area contributed by atoms with Crippen molar-refractivity contribution in [3.63, 3.8) is 0 Å². The van der Waals surface area contributed by atoms with E-state index in [-0.39, 0.29) is 44.0 Å². The number of nitrogens with zero attached hydrogens (tertiary/aromatic N) is 3. The van der Waals surface area contributed by atoms with Crippen LogP contribution >= 0.6 is 0 Å². The fourth-order valence-corrected chi connectivity index (χ4v) is 2.91. The van der Waals surface area contributed by atoms with Crippen LogP contribution in [0.3, 0.4) is 0 Å². The van der Waals surface area contributed by atoms with Gasteiger partial charge in [0.2, 0.25) is 11.8 Å². The molecule has 0 aromatic rings. The largest absolute Gasteiger partial charge is 0.480 e. The number of carboxylic acids is 1. The normalized spacial score (nSPS) is 23.4. The molecular formula is C15H25N3O5. The third-order valence-electron chi connectivity index (χ3n) is 4.30. The summed E-state index contributed by atoms with van der Waals surface area (Å²) in [7, 11) is 0. The summed E-state index contributed by atoms with van der Waals surface area (Å²) in [5.74, 6) is -1.47. The van der Waals surface area contributed by atoms with Crippen molar-refractivity contribution >= 4 is 17.8 Å². The molecule has 2 amide bonds. The van der Waals surface area contributed by atoms with E-state index in [1.807, 2.05) is 0 Å². The summed E-state index contributed by atoms with van der Waals surface area (Å²) in [5.41, 5.74) is 0. The zero-order chi connectivity index (χ0) is 17.0. The number of carbonyl (C=O) groups is 3. The highest BCUT2D eigenvalue weighted by Gasteiger charge is 2.31. The monoisotopic (exact) mass is 327 g/mol. The molecule has 2 aliphatic heterocycles. The smallest absolute Gasteiger partial charge is 0.323 e. The van der Waals surface area contributed by atoms with Crippen LogP contribution in [0, 0.1) is 0 Å². The molecule has 2 saturated heterocycles. The summed E-state index contributed by atoms with van der Waals surface area (Å²) >= 11 is 0. The third kappa shape index (κ3) is 4.90. The number of morpholine rings is 1. The first-order valence-corrected chi connectivity index (χ1v) is 7.99. The summed E-state index contributed by atoms with van der Waals surface area (Å²) in [6.07, 6.45) is 0.112. The molecule has 8 nitrogen and oxygen atoms in total. The van der Waals surface area contributed by atoms with Crippen LogP contribution in [-0.2, 0) is 19.1 Å². The Hall–Kier alpha value is -1.67. The molecule has 130 valence electrons. The van der Waals surface area contributed by atoms with Crippen molar-refractivity contribution in [3.8, 4) is 0 Å². The lowest BCUT2D eigenvalue weighted by Gasteiger charge is -2.37. The Balaban J connectivity index is 1.82. The van der Waals surface area contributed by atoms with Gasteiger partial charge in [-0.2, -0.15) is 0 Å². The molecule has 1 N–H and O–H groups in total. The molecule has 0 unspecified atom stereocenters. The van der Waals surface area contributed by atoms with Gasteiger partial charge in [0.1, 0.15) is 6.54 Å². The van der Waals surface area contributed by atoms with Crippen molar-refractivity contribution in [2.45, 2.75) is 32.4 Å². The van der Waals surface area contributed by atoms with Gasteiger partial charge in [0.05, 0.1) is 25.7 Å². The number of carboxylic acid groups (broad SMARTS) is 1. The first kappa shape index (κ1) is 17.7. The predicted molar refractivity (Wildman–Crippen MR) is 81.9 cm³/mol. The number of hydrogen-bond acceptors (Lipinski definition) is 5. The van der Waals surface area contributed by atoms with E-state index in [4.69, 9.17) is 9.84 Å². The fraction of sp³-hybridized carbons (Fsp3) is 0.800. The van der Waals surface area contributed by atoms with Crippen molar-refractivity contribution in [2.75, 3.05) is 45.9 Å². The highest BCUT2D eigenvalue weighted by Crippen LogP contribution is 2.14. The zero-order valence-electron chi connectivity index (χ0n) is 13.7. The van der Waals surface area contributed by atoms with Gasteiger partial charge in [0.25, 0.3) is 0 Å². The number of ether oxygens (including phenoxy) is 1. The van der Waals surface area contributed by atoms with E-state index >= 15 is 0 Å². The second-order valence-electron chi connectivity index (χ2n) is 6.31. The van der Waals surface area contributed by atoms with Gasteiger partial charge >= 0.3 is 5.97 Å². The Labute approximate surface area is 136 Å². The number of rotatable bonds is 5. The molecule has 0 aliphatic carbocycles. The van der Waals surface area contributed by atoms with E-state index in [1.54, 1.807) is 0 Å². The fourth-order valence-electron chi connectivity index (χ4n) is 2.91. The summed E-state index contributed by atoms with van der Waals surface area (Å²) in [5, 5.41) is 8.75. The molecular weight excluding hydrogens is 302 g/mol. The summed E-state index contributed by atoms with van der Waals surface area (Å²) < 4.78 is 5.66. The average molecular weight is 327 g/mol. The van der Waals surface area contributed by atoms with Crippen molar-refractivity contribution in [1.29, 1.82) is 0 Å². The average Bonchev–Trinajstić information content (AvgIpc) is 2.49. The molecule has 0 radical (unpaired) electrons. The maximum Gasteiger partial charge on any atom is 0.323 e. The SMILES string of the molecule is CC(C)N1CCO[C@H](CC(=O)N2CCN(CC(=O)O)C(=O)C2)C1. The van der Waals surface area contributed by atoms with Crippen LogP contribution in [0.1, 0.15) is 20.3 Å². The van der Waals surface area contributed by atoms with Crippen molar-refractivity contribution in [1.82, 2.24) is 14.7 Å². The maximum absolute atomic E-state index is 12.4. The Morgan fingerprint density at radius 3 is 2.65 bits per heavy atom. The van der Waals surface area contributed by atoms with Gasteiger partial charge in [0.15, 0.2) is 0 Å². The van der Waals surface area contributed by atoms with Crippen molar-refractivity contribution < 1.29 is 24.2 Å². The minimum absolute atomic E-state index is 0.0489. The number of hydrogen-bond donors (Lipinski definition) is 1. The van der Waals surface area contributed by atoms with Gasteiger partial charge in [-0.3, -0.25) is 19.3 Å². The van der Waals surface area contributed by atoms with Crippen LogP contribution in [0.2, 0.25) is 0 Å². The highest BCUT2D eigenvalue weighted by molar-refractivity contribution is 5.88. The van der Waals surface area contributed by atoms with Gasteiger partial charge < -0.3 is 19.6 Å². The maximum atomic E-state index is 12.4. The molecule has 0 spiro atoms. The van der Waals surface area contributed by atoms with Gasteiger partial charge in [-0.15, -0.1) is 0 Å².